The summed E-state index contributed by atoms with van der Waals surface area (Å²) in [4.78, 5) is 28.8. The zero-order chi connectivity index (χ0) is 24.5. The number of anilines is 1. The molecule has 3 saturated carbocycles. The van der Waals surface area contributed by atoms with Gasteiger partial charge in [0, 0.05) is 53.1 Å². The lowest BCUT2D eigenvalue weighted by atomic mass is 9.81. The van der Waals surface area contributed by atoms with Crippen molar-refractivity contribution in [3.63, 3.8) is 0 Å². The van der Waals surface area contributed by atoms with E-state index < -0.39 is 6.43 Å². The van der Waals surface area contributed by atoms with Gasteiger partial charge in [0.25, 0.3) is 17.9 Å². The fraction of sp³-hybridized carbons (Fsp3) is 0.538. The number of piperidine rings is 1. The second-order valence-electron chi connectivity index (χ2n) is 10.8. The van der Waals surface area contributed by atoms with Crippen LogP contribution in [0.15, 0.2) is 35.3 Å². The number of nitrogens with zero attached hydrogens (tertiary/aromatic N) is 2. The van der Waals surface area contributed by atoms with E-state index in [0.29, 0.717) is 32.2 Å². The molecule has 2 unspecified atom stereocenters. The maximum Gasteiger partial charge on any atom is 0.264 e. The molecule has 2 heterocycles. The summed E-state index contributed by atoms with van der Waals surface area (Å²) in [5.74, 6) is 0.781. The number of carbonyl (C=O) groups is 1. The summed E-state index contributed by atoms with van der Waals surface area (Å²) in [6.07, 6.45) is 3.65. The largest absolute Gasteiger partial charge is 0.381 e. The number of halogens is 3. The molecule has 0 radical (unpaired) electrons. The van der Waals surface area contributed by atoms with Crippen molar-refractivity contribution >= 4 is 34.2 Å². The van der Waals surface area contributed by atoms with Gasteiger partial charge in [-0.25, -0.2) is 8.78 Å². The van der Waals surface area contributed by atoms with Crippen LogP contribution in [0.2, 0.25) is 0 Å². The SMILES string of the molecule is CN1CC2C(Nc3cc(=O)n([C@@H]4CC45CCC5)cc3C(=O)NCc3cccc(C(F)F)c3I)[C@@H]2C1. The summed E-state index contributed by atoms with van der Waals surface area (Å²) in [6.45, 7) is 2.18. The van der Waals surface area contributed by atoms with Crippen molar-refractivity contribution in [3.05, 3.63) is 61.1 Å². The first kappa shape index (κ1) is 23.4. The Kier molecular flexibility index (Phi) is 5.71. The highest BCUT2D eigenvalue weighted by Crippen LogP contribution is 2.67. The van der Waals surface area contributed by atoms with Gasteiger partial charge < -0.3 is 20.1 Å². The Morgan fingerprint density at radius 2 is 2.00 bits per heavy atom. The van der Waals surface area contributed by atoms with Crippen molar-refractivity contribution in [2.75, 3.05) is 25.5 Å². The first-order chi connectivity index (χ1) is 16.8. The first-order valence-corrected chi connectivity index (χ1v) is 13.4. The van der Waals surface area contributed by atoms with Crippen LogP contribution >= 0.6 is 22.6 Å². The summed E-state index contributed by atoms with van der Waals surface area (Å²) in [6, 6.07) is 6.77. The average molecular weight is 594 g/mol. The highest BCUT2D eigenvalue weighted by Gasteiger charge is 2.59. The molecule has 1 aliphatic heterocycles. The van der Waals surface area contributed by atoms with E-state index in [1.165, 1.54) is 12.5 Å². The summed E-state index contributed by atoms with van der Waals surface area (Å²) < 4.78 is 28.8. The van der Waals surface area contributed by atoms with Gasteiger partial charge in [-0.1, -0.05) is 24.6 Å². The topological polar surface area (TPSA) is 66.4 Å². The number of hydrogen-bond acceptors (Lipinski definition) is 4. The summed E-state index contributed by atoms with van der Waals surface area (Å²) in [5.41, 5.74) is 1.82. The molecule has 1 aromatic heterocycles. The lowest BCUT2D eigenvalue weighted by molar-refractivity contribution is 0.0950. The minimum atomic E-state index is -2.56. The number of carbonyl (C=O) groups excluding carboxylic acids is 1. The third-order valence-corrected chi connectivity index (χ3v) is 9.95. The van der Waals surface area contributed by atoms with Crippen molar-refractivity contribution in [2.24, 2.45) is 17.3 Å². The molecule has 4 atom stereocenters. The van der Waals surface area contributed by atoms with Gasteiger partial charge in [-0.3, -0.25) is 9.59 Å². The van der Waals surface area contributed by atoms with Crippen molar-refractivity contribution in [3.8, 4) is 0 Å². The minimum absolute atomic E-state index is 0.0296. The zero-order valence-electron chi connectivity index (χ0n) is 19.6. The maximum absolute atomic E-state index is 13.4. The van der Waals surface area contributed by atoms with Gasteiger partial charge in [0.15, 0.2) is 0 Å². The molecule has 1 amide bonds. The summed E-state index contributed by atoms with van der Waals surface area (Å²) in [7, 11) is 2.11. The van der Waals surface area contributed by atoms with Crippen LogP contribution in [-0.2, 0) is 6.54 Å². The molecule has 3 aliphatic carbocycles. The van der Waals surface area contributed by atoms with Crippen LogP contribution in [0, 0.1) is 20.8 Å². The van der Waals surface area contributed by atoms with Gasteiger partial charge in [0.05, 0.1) is 11.3 Å². The number of rotatable bonds is 7. The summed E-state index contributed by atoms with van der Waals surface area (Å²) >= 11 is 1.91. The molecule has 186 valence electrons. The Morgan fingerprint density at radius 3 is 2.63 bits per heavy atom. The van der Waals surface area contributed by atoms with Crippen LogP contribution in [0.4, 0.5) is 14.5 Å². The predicted octanol–water partition coefficient (Wildman–Crippen LogP) is 4.41. The molecule has 35 heavy (non-hydrogen) atoms. The number of aromatic nitrogens is 1. The van der Waals surface area contributed by atoms with Crippen LogP contribution in [-0.4, -0.2) is 41.6 Å². The molecule has 2 aromatic rings. The van der Waals surface area contributed by atoms with E-state index >= 15 is 0 Å². The molecule has 9 heteroatoms. The van der Waals surface area contributed by atoms with Gasteiger partial charge in [0.2, 0.25) is 0 Å². The maximum atomic E-state index is 13.4. The van der Waals surface area contributed by atoms with E-state index in [2.05, 4.69) is 22.6 Å². The Bertz CT molecular complexity index is 1230. The number of benzene rings is 1. The fourth-order valence-electron chi connectivity index (χ4n) is 6.29. The molecule has 1 aromatic carbocycles. The van der Waals surface area contributed by atoms with Gasteiger partial charge >= 0.3 is 0 Å². The predicted molar refractivity (Wildman–Crippen MR) is 138 cm³/mol. The normalized spacial score (nSPS) is 28.0. The number of likely N-dealkylation sites (tertiary alicyclic amines) is 1. The molecular formula is C26H29F2IN4O2. The van der Waals surface area contributed by atoms with Crippen molar-refractivity contribution in [1.29, 1.82) is 0 Å². The van der Waals surface area contributed by atoms with E-state index in [0.717, 1.165) is 32.4 Å². The lowest BCUT2D eigenvalue weighted by Gasteiger charge is -2.27. The molecule has 4 aliphatic rings. The smallest absolute Gasteiger partial charge is 0.264 e. The van der Waals surface area contributed by atoms with E-state index in [9.17, 15) is 18.4 Å². The van der Waals surface area contributed by atoms with Gasteiger partial charge in [-0.2, -0.15) is 0 Å². The number of amides is 1. The average Bonchev–Trinajstić information content (AvgIpc) is 3.65. The molecule has 1 spiro atoms. The molecule has 1 saturated heterocycles. The van der Waals surface area contributed by atoms with Crippen LogP contribution < -0.4 is 16.2 Å². The van der Waals surface area contributed by atoms with Crippen molar-refractivity contribution < 1.29 is 13.6 Å². The first-order valence-electron chi connectivity index (χ1n) is 12.3. The van der Waals surface area contributed by atoms with Crippen LogP contribution in [0.5, 0.6) is 0 Å². The monoisotopic (exact) mass is 594 g/mol. The Hall–Kier alpha value is -2.01. The molecular weight excluding hydrogens is 565 g/mol. The molecule has 4 fully saturated rings. The second kappa shape index (κ2) is 8.54. The van der Waals surface area contributed by atoms with E-state index in [1.807, 2.05) is 22.6 Å². The number of fused-ring (bicyclic) bond motifs is 1. The Balaban J connectivity index is 1.25. The highest BCUT2D eigenvalue weighted by molar-refractivity contribution is 14.1. The number of nitrogens with one attached hydrogen (secondary N) is 2. The van der Waals surface area contributed by atoms with Crippen molar-refractivity contribution in [2.45, 2.75) is 50.7 Å². The second-order valence-corrected chi connectivity index (χ2v) is 11.9. The van der Waals surface area contributed by atoms with E-state index in [4.69, 9.17) is 0 Å². The number of pyridine rings is 1. The van der Waals surface area contributed by atoms with Crippen LogP contribution in [0.25, 0.3) is 0 Å². The number of alkyl halides is 2. The zero-order valence-corrected chi connectivity index (χ0v) is 21.7. The van der Waals surface area contributed by atoms with Gasteiger partial charge in [-0.05, 0) is 71.7 Å². The van der Waals surface area contributed by atoms with E-state index in [1.54, 1.807) is 29.0 Å². The Morgan fingerprint density at radius 1 is 1.26 bits per heavy atom. The lowest BCUT2D eigenvalue weighted by Crippen LogP contribution is -2.31. The van der Waals surface area contributed by atoms with Gasteiger partial charge in [-0.15, -0.1) is 0 Å². The minimum Gasteiger partial charge on any atom is -0.381 e. The quantitative estimate of drug-likeness (QED) is 0.467. The summed E-state index contributed by atoms with van der Waals surface area (Å²) in [5, 5.41) is 6.41. The molecule has 6 rings (SSSR count). The molecule has 6 nitrogen and oxygen atoms in total. The third-order valence-electron chi connectivity index (χ3n) is 8.64. The van der Waals surface area contributed by atoms with Crippen LogP contribution in [0.3, 0.4) is 0 Å². The highest BCUT2D eigenvalue weighted by atomic mass is 127. The standard InChI is InChI=1S/C26H29F2IN4O2/c1-32-11-16-17(12-32)23(16)31-19-8-21(34)33(20-9-26(20)6-3-7-26)13-18(19)25(35)30-10-14-4-2-5-15(22(14)29)24(27)28/h2,4-5,8,13,16-17,20,23-24,31H,3,6-7,9-12H2,1H3,(H,30,35)/t16-,17?,20-,23?/m1/s1. The fourth-order valence-corrected chi connectivity index (χ4v) is 7.07. The van der Waals surface area contributed by atoms with Crippen molar-refractivity contribution in [1.82, 2.24) is 14.8 Å². The number of hydrogen-bond donors (Lipinski definition) is 2. The third kappa shape index (κ3) is 4.08. The Labute approximate surface area is 216 Å². The van der Waals surface area contributed by atoms with Crippen LogP contribution in [0.1, 0.15) is 59.6 Å². The molecule has 2 N–H and O–H groups in total. The van der Waals surface area contributed by atoms with E-state index in [-0.39, 0.29) is 41.1 Å². The van der Waals surface area contributed by atoms with Gasteiger partial charge in [0.1, 0.15) is 0 Å². The molecule has 0 bridgehead atoms.